The highest BCUT2D eigenvalue weighted by Gasteiger charge is 2.46. The van der Waals surface area contributed by atoms with Crippen molar-refractivity contribution in [3.63, 3.8) is 0 Å². The van der Waals surface area contributed by atoms with Crippen LogP contribution in [0.1, 0.15) is 37.3 Å². The number of rotatable bonds is 5. The molecule has 0 spiro atoms. The number of nitrogens with two attached hydrogens (primary N) is 1. The second-order valence-corrected chi connectivity index (χ2v) is 9.91. The van der Waals surface area contributed by atoms with Gasteiger partial charge >= 0.3 is 6.18 Å². The highest BCUT2D eigenvalue weighted by molar-refractivity contribution is 5.82. The van der Waals surface area contributed by atoms with E-state index in [1.165, 1.54) is 17.2 Å². The molecule has 37 heavy (non-hydrogen) atoms. The van der Waals surface area contributed by atoms with Gasteiger partial charge in [-0.05, 0) is 55.5 Å². The minimum absolute atomic E-state index is 0.0988. The number of hydrogen-bond acceptors (Lipinski definition) is 7. The Balaban J connectivity index is 1.36. The van der Waals surface area contributed by atoms with E-state index < -0.39 is 18.3 Å². The molecule has 4 aromatic rings. The van der Waals surface area contributed by atoms with Gasteiger partial charge in [0.1, 0.15) is 23.6 Å². The van der Waals surface area contributed by atoms with E-state index in [0.29, 0.717) is 34.9 Å². The molecular weight excluding hydrogens is 485 g/mol. The molecular formula is C26H27F3N6O2. The summed E-state index contributed by atoms with van der Waals surface area (Å²) >= 11 is 0. The Morgan fingerprint density at radius 1 is 1.05 bits per heavy atom. The summed E-state index contributed by atoms with van der Waals surface area (Å²) in [5, 5.41) is 19.3. The zero-order valence-corrected chi connectivity index (χ0v) is 20.0. The van der Waals surface area contributed by atoms with Gasteiger partial charge in [-0.15, -0.1) is 10.2 Å². The Morgan fingerprint density at radius 2 is 1.89 bits per heavy atom. The van der Waals surface area contributed by atoms with Crippen molar-refractivity contribution < 1.29 is 23.0 Å². The Bertz CT molecular complexity index is 1440. The summed E-state index contributed by atoms with van der Waals surface area (Å²) in [6.07, 6.45) is -0.779. The largest absolute Gasteiger partial charge is 0.488 e. The summed E-state index contributed by atoms with van der Waals surface area (Å²) in [6, 6.07) is 10.1. The predicted molar refractivity (Wildman–Crippen MR) is 131 cm³/mol. The minimum atomic E-state index is -4.46. The van der Waals surface area contributed by atoms with Gasteiger partial charge in [0.05, 0.1) is 11.6 Å². The molecule has 1 aromatic carbocycles. The molecule has 6 rings (SSSR count). The van der Waals surface area contributed by atoms with Gasteiger partial charge < -0.3 is 15.6 Å². The van der Waals surface area contributed by atoms with Crippen LogP contribution in [0.3, 0.4) is 0 Å². The predicted octanol–water partition coefficient (Wildman–Crippen LogP) is 3.87. The van der Waals surface area contributed by atoms with Crippen molar-refractivity contribution >= 4 is 16.6 Å². The van der Waals surface area contributed by atoms with Crippen LogP contribution >= 0.6 is 0 Å². The maximum atomic E-state index is 14.2. The third kappa shape index (κ3) is 4.62. The van der Waals surface area contributed by atoms with E-state index in [1.54, 1.807) is 22.6 Å². The van der Waals surface area contributed by atoms with Crippen LogP contribution in [0.25, 0.3) is 28.1 Å². The molecule has 3 N–H and O–H groups in total. The fraction of sp³-hybridized carbons (Fsp3) is 0.423. The molecule has 1 saturated heterocycles. The molecule has 8 nitrogen and oxygen atoms in total. The van der Waals surface area contributed by atoms with Crippen LogP contribution < -0.4 is 10.5 Å². The van der Waals surface area contributed by atoms with Crippen LogP contribution in [-0.4, -0.2) is 67.1 Å². The fourth-order valence-corrected chi connectivity index (χ4v) is 5.41. The van der Waals surface area contributed by atoms with Crippen molar-refractivity contribution in [1.82, 2.24) is 24.5 Å². The highest BCUT2D eigenvalue weighted by Crippen LogP contribution is 2.39. The average molecular weight is 513 g/mol. The monoisotopic (exact) mass is 512 g/mol. The quantitative estimate of drug-likeness (QED) is 0.419. The lowest BCUT2D eigenvalue weighted by Crippen LogP contribution is -2.38. The van der Waals surface area contributed by atoms with E-state index in [0.717, 1.165) is 24.6 Å². The molecule has 194 valence electrons. The van der Waals surface area contributed by atoms with Gasteiger partial charge in [0.15, 0.2) is 11.5 Å². The third-order valence-electron chi connectivity index (χ3n) is 7.27. The number of fused-ring (bicyclic) bond motifs is 2. The van der Waals surface area contributed by atoms with E-state index >= 15 is 0 Å². The molecule has 1 saturated carbocycles. The number of aliphatic hydroxyl groups excluding tert-OH is 1. The molecule has 4 atom stereocenters. The number of ether oxygens (including phenoxy) is 1. The van der Waals surface area contributed by atoms with Crippen LogP contribution in [0.15, 0.2) is 48.7 Å². The SMILES string of the molecule is N[C@H]1CCN([C@H](c2ccc3nnc(-c4ccc5ccc(OC6CCCC6O)cc5n4)n3c2)C(F)(F)F)C1. The lowest BCUT2D eigenvalue weighted by Gasteiger charge is -2.30. The summed E-state index contributed by atoms with van der Waals surface area (Å²) in [6.45, 7) is 0.471. The highest BCUT2D eigenvalue weighted by atomic mass is 19.4. The van der Waals surface area contributed by atoms with Gasteiger partial charge in [0, 0.05) is 36.8 Å². The van der Waals surface area contributed by atoms with Gasteiger partial charge in [0.2, 0.25) is 0 Å². The Kier molecular flexibility index (Phi) is 6.01. The van der Waals surface area contributed by atoms with E-state index in [2.05, 4.69) is 10.2 Å². The van der Waals surface area contributed by atoms with Crippen LogP contribution in [0.2, 0.25) is 0 Å². The van der Waals surface area contributed by atoms with Crippen molar-refractivity contribution in [3.8, 4) is 17.3 Å². The molecule has 0 amide bonds. The number of hydrogen-bond donors (Lipinski definition) is 2. The van der Waals surface area contributed by atoms with Crippen LogP contribution in [0.4, 0.5) is 13.2 Å². The molecule has 11 heteroatoms. The van der Waals surface area contributed by atoms with Gasteiger partial charge in [-0.25, -0.2) is 4.98 Å². The Morgan fingerprint density at radius 3 is 2.62 bits per heavy atom. The number of halogens is 3. The van der Waals surface area contributed by atoms with Gasteiger partial charge in [-0.3, -0.25) is 9.30 Å². The van der Waals surface area contributed by atoms with Crippen molar-refractivity contribution in [2.24, 2.45) is 5.73 Å². The first-order chi connectivity index (χ1) is 17.8. The number of nitrogens with zero attached hydrogens (tertiary/aromatic N) is 5. The second-order valence-electron chi connectivity index (χ2n) is 9.91. The second kappa shape index (κ2) is 9.23. The van der Waals surface area contributed by atoms with Gasteiger partial charge in [-0.2, -0.15) is 13.2 Å². The maximum absolute atomic E-state index is 14.2. The molecule has 0 radical (unpaired) electrons. The summed E-state index contributed by atoms with van der Waals surface area (Å²) in [5.41, 5.74) is 7.55. The van der Waals surface area contributed by atoms with E-state index in [4.69, 9.17) is 15.5 Å². The zero-order chi connectivity index (χ0) is 25.7. The first kappa shape index (κ1) is 24.1. The topological polar surface area (TPSA) is 102 Å². The fourth-order valence-electron chi connectivity index (χ4n) is 5.41. The van der Waals surface area contributed by atoms with E-state index in [-0.39, 0.29) is 30.8 Å². The number of alkyl halides is 3. The smallest absolute Gasteiger partial charge is 0.408 e. The first-order valence-corrected chi connectivity index (χ1v) is 12.4. The molecule has 0 bridgehead atoms. The maximum Gasteiger partial charge on any atom is 0.408 e. The van der Waals surface area contributed by atoms with Crippen LogP contribution in [-0.2, 0) is 0 Å². The average Bonchev–Trinajstić information content (AvgIpc) is 3.58. The lowest BCUT2D eigenvalue weighted by atomic mass is 10.1. The zero-order valence-electron chi connectivity index (χ0n) is 20.0. The molecule has 3 aromatic heterocycles. The first-order valence-electron chi connectivity index (χ1n) is 12.4. The van der Waals surface area contributed by atoms with Crippen molar-refractivity contribution in [3.05, 3.63) is 54.2 Å². The molecule has 4 heterocycles. The number of aliphatic hydroxyl groups is 1. The van der Waals surface area contributed by atoms with Crippen molar-refractivity contribution in [2.75, 3.05) is 13.1 Å². The molecule has 2 aliphatic rings. The number of aromatic nitrogens is 4. The van der Waals surface area contributed by atoms with Crippen LogP contribution in [0, 0.1) is 0 Å². The van der Waals surface area contributed by atoms with Crippen LogP contribution in [0.5, 0.6) is 5.75 Å². The van der Waals surface area contributed by atoms with E-state index in [9.17, 15) is 18.3 Å². The Hall–Kier alpha value is -3.28. The molecule has 1 aliphatic carbocycles. The summed E-state index contributed by atoms with van der Waals surface area (Å²) in [5.74, 6) is 0.948. The minimum Gasteiger partial charge on any atom is -0.488 e. The van der Waals surface area contributed by atoms with Crippen molar-refractivity contribution in [1.29, 1.82) is 0 Å². The van der Waals surface area contributed by atoms with Gasteiger partial charge in [0.25, 0.3) is 0 Å². The molecule has 2 unspecified atom stereocenters. The Labute approximate surface area is 210 Å². The number of pyridine rings is 2. The summed E-state index contributed by atoms with van der Waals surface area (Å²) in [7, 11) is 0. The lowest BCUT2D eigenvalue weighted by molar-refractivity contribution is -0.183. The molecule has 2 fully saturated rings. The number of benzene rings is 1. The number of likely N-dealkylation sites (tertiary alicyclic amines) is 1. The van der Waals surface area contributed by atoms with Crippen molar-refractivity contribution in [2.45, 2.75) is 56.2 Å². The third-order valence-corrected chi connectivity index (χ3v) is 7.27. The summed E-state index contributed by atoms with van der Waals surface area (Å²) < 4.78 is 50.0. The standard InChI is InChI=1S/C26H27F3N6O2/c27-26(28,29)24(34-11-10-17(30)14-34)16-6-9-23-32-33-25(35(23)13-16)19-8-5-15-4-7-18(12-20(15)31-19)37-22-3-1-2-21(22)36/h4-9,12-13,17,21-22,24,36H,1-3,10-11,14,30H2/t17-,21?,22?,24+/m0/s1. The van der Waals surface area contributed by atoms with Gasteiger partial charge in [-0.1, -0.05) is 12.1 Å². The van der Waals surface area contributed by atoms with E-state index in [1.807, 2.05) is 18.2 Å². The normalized spacial score (nSPS) is 23.8. The summed E-state index contributed by atoms with van der Waals surface area (Å²) in [4.78, 5) is 6.10. The molecule has 1 aliphatic heterocycles.